The number of allylic oxidation sites excluding steroid dienone is 2. The SMILES string of the molecule is CC1=CC2c3c(O)cc(/C=C/c4ccc(O)cc4O)cc3OC3(c4ccc(O)c5c4OC(C)(C)C=C5)Oc4cc(O)ccc4C(C1)C23. The molecule has 4 aliphatic rings. The van der Waals surface area contributed by atoms with Crippen molar-refractivity contribution >= 4 is 18.2 Å². The Hall–Kier alpha value is -5.50. The summed E-state index contributed by atoms with van der Waals surface area (Å²) < 4.78 is 20.6. The summed E-state index contributed by atoms with van der Waals surface area (Å²) in [6, 6.07) is 16.4. The molecule has 47 heavy (non-hydrogen) atoms. The molecule has 0 amide bonds. The number of fused-ring (bicyclic) bond motifs is 5. The van der Waals surface area contributed by atoms with Gasteiger partial charge in [-0.05, 0) is 92.9 Å². The maximum Gasteiger partial charge on any atom is 0.285 e. The molecule has 0 fully saturated rings. The van der Waals surface area contributed by atoms with Gasteiger partial charge in [0.15, 0.2) is 0 Å². The van der Waals surface area contributed by atoms with Gasteiger partial charge in [0.05, 0.1) is 17.0 Å². The molecule has 0 bridgehead atoms. The predicted octanol–water partition coefficient (Wildman–Crippen LogP) is 8.04. The number of benzene rings is 4. The molecule has 4 aromatic carbocycles. The molecule has 0 radical (unpaired) electrons. The first-order valence-corrected chi connectivity index (χ1v) is 15.6. The molecule has 8 nitrogen and oxygen atoms in total. The van der Waals surface area contributed by atoms with Crippen molar-refractivity contribution in [3.05, 3.63) is 112 Å². The molecule has 8 heteroatoms. The highest BCUT2D eigenvalue weighted by Crippen LogP contribution is 2.66. The zero-order valence-corrected chi connectivity index (χ0v) is 26.1. The van der Waals surface area contributed by atoms with Gasteiger partial charge in [-0.1, -0.05) is 29.9 Å². The van der Waals surface area contributed by atoms with E-state index in [-0.39, 0.29) is 46.5 Å². The van der Waals surface area contributed by atoms with Gasteiger partial charge in [0.1, 0.15) is 51.6 Å². The monoisotopic (exact) mass is 630 g/mol. The Morgan fingerprint density at radius 2 is 1.53 bits per heavy atom. The second-order valence-corrected chi connectivity index (χ2v) is 13.4. The van der Waals surface area contributed by atoms with Crippen LogP contribution in [-0.4, -0.2) is 31.1 Å². The lowest BCUT2D eigenvalue weighted by molar-refractivity contribution is -0.198. The van der Waals surface area contributed by atoms with Crippen LogP contribution in [-0.2, 0) is 5.79 Å². The van der Waals surface area contributed by atoms with Crippen LogP contribution >= 0.6 is 0 Å². The van der Waals surface area contributed by atoms with Crippen LogP contribution in [0.4, 0.5) is 0 Å². The van der Waals surface area contributed by atoms with Gasteiger partial charge in [-0.25, -0.2) is 0 Å². The van der Waals surface area contributed by atoms with Crippen molar-refractivity contribution in [1.29, 1.82) is 0 Å². The highest BCUT2D eigenvalue weighted by atomic mass is 16.7. The zero-order valence-electron chi connectivity index (χ0n) is 26.1. The van der Waals surface area contributed by atoms with Crippen molar-refractivity contribution in [2.45, 2.75) is 50.4 Å². The van der Waals surface area contributed by atoms with E-state index in [0.29, 0.717) is 51.5 Å². The summed E-state index contributed by atoms with van der Waals surface area (Å²) in [6.07, 6.45) is 10.1. The summed E-state index contributed by atoms with van der Waals surface area (Å²) in [5, 5.41) is 53.1. The zero-order chi connectivity index (χ0) is 32.8. The molecule has 4 aromatic rings. The van der Waals surface area contributed by atoms with E-state index < -0.39 is 11.4 Å². The van der Waals surface area contributed by atoms with Crippen LogP contribution in [0.5, 0.6) is 46.0 Å². The Balaban J connectivity index is 1.36. The van der Waals surface area contributed by atoms with Crippen molar-refractivity contribution in [3.8, 4) is 46.0 Å². The molecule has 5 N–H and O–H groups in total. The summed E-state index contributed by atoms with van der Waals surface area (Å²) in [7, 11) is 0. The highest BCUT2D eigenvalue weighted by Gasteiger charge is 2.62. The highest BCUT2D eigenvalue weighted by molar-refractivity contribution is 5.75. The summed E-state index contributed by atoms with van der Waals surface area (Å²) in [5.41, 5.74) is 4.25. The fourth-order valence-corrected chi connectivity index (χ4v) is 7.68. The van der Waals surface area contributed by atoms with Crippen LogP contribution in [0, 0.1) is 5.92 Å². The topological polar surface area (TPSA) is 129 Å². The average Bonchev–Trinajstić information content (AvgIpc) is 2.99. The molecule has 4 unspecified atom stereocenters. The third-order valence-electron chi connectivity index (χ3n) is 9.70. The van der Waals surface area contributed by atoms with Crippen molar-refractivity contribution in [3.63, 3.8) is 0 Å². The van der Waals surface area contributed by atoms with Crippen LogP contribution in [0.1, 0.15) is 72.4 Å². The smallest absolute Gasteiger partial charge is 0.285 e. The summed E-state index contributed by atoms with van der Waals surface area (Å²) in [6.45, 7) is 5.95. The van der Waals surface area contributed by atoms with E-state index in [4.69, 9.17) is 14.2 Å². The van der Waals surface area contributed by atoms with E-state index in [2.05, 4.69) is 13.0 Å². The third-order valence-corrected chi connectivity index (χ3v) is 9.70. The molecule has 3 aliphatic heterocycles. The maximum absolute atomic E-state index is 11.6. The molecule has 8 rings (SSSR count). The minimum absolute atomic E-state index is 0.0462. The normalized spacial score (nSPS) is 24.5. The van der Waals surface area contributed by atoms with Gasteiger partial charge in [-0.15, -0.1) is 0 Å². The van der Waals surface area contributed by atoms with Gasteiger partial charge in [0.25, 0.3) is 5.79 Å². The van der Waals surface area contributed by atoms with Crippen molar-refractivity contribution in [2.75, 3.05) is 0 Å². The summed E-state index contributed by atoms with van der Waals surface area (Å²) >= 11 is 0. The Bertz CT molecular complexity index is 2070. The fourth-order valence-electron chi connectivity index (χ4n) is 7.68. The Labute approximate surface area is 271 Å². The van der Waals surface area contributed by atoms with E-state index in [1.54, 1.807) is 48.6 Å². The summed E-state index contributed by atoms with van der Waals surface area (Å²) in [5.74, 6) is -0.882. The van der Waals surface area contributed by atoms with Gasteiger partial charge >= 0.3 is 0 Å². The minimum Gasteiger partial charge on any atom is -0.508 e. The molecule has 4 atom stereocenters. The lowest BCUT2D eigenvalue weighted by atomic mass is 9.61. The second kappa shape index (κ2) is 10.00. The van der Waals surface area contributed by atoms with Crippen LogP contribution in [0.3, 0.4) is 0 Å². The fraction of sp³-hybridized carbons (Fsp3) is 0.231. The first kappa shape index (κ1) is 28.9. The molecule has 1 aliphatic carbocycles. The number of phenols is 5. The predicted molar refractivity (Wildman–Crippen MR) is 177 cm³/mol. The maximum atomic E-state index is 11.6. The van der Waals surface area contributed by atoms with Gasteiger partial charge < -0.3 is 39.7 Å². The van der Waals surface area contributed by atoms with Gasteiger partial charge in [-0.3, -0.25) is 0 Å². The molecular formula is C39H34O8. The first-order chi connectivity index (χ1) is 22.4. The van der Waals surface area contributed by atoms with E-state index in [1.165, 1.54) is 12.1 Å². The van der Waals surface area contributed by atoms with Crippen molar-refractivity contribution in [1.82, 2.24) is 0 Å². The largest absolute Gasteiger partial charge is 0.508 e. The molecular weight excluding hydrogens is 596 g/mol. The minimum atomic E-state index is -1.48. The van der Waals surface area contributed by atoms with E-state index in [0.717, 1.165) is 11.1 Å². The van der Waals surface area contributed by atoms with E-state index in [9.17, 15) is 25.5 Å². The number of hydrogen-bond acceptors (Lipinski definition) is 8. The molecule has 0 spiro atoms. The third kappa shape index (κ3) is 4.50. The van der Waals surface area contributed by atoms with Crippen LogP contribution in [0.25, 0.3) is 18.2 Å². The van der Waals surface area contributed by atoms with Crippen molar-refractivity contribution in [2.24, 2.45) is 5.92 Å². The first-order valence-electron chi connectivity index (χ1n) is 15.6. The number of rotatable bonds is 3. The number of ether oxygens (including phenoxy) is 3. The molecule has 3 heterocycles. The van der Waals surface area contributed by atoms with E-state index in [1.807, 2.05) is 38.1 Å². The average molecular weight is 631 g/mol. The molecule has 238 valence electrons. The molecule has 0 aromatic heterocycles. The lowest BCUT2D eigenvalue weighted by Crippen LogP contribution is -2.56. The van der Waals surface area contributed by atoms with Crippen molar-refractivity contribution < 1.29 is 39.7 Å². The number of aromatic hydroxyl groups is 5. The quantitative estimate of drug-likeness (QED) is 0.114. The Kier molecular flexibility index (Phi) is 6.16. The van der Waals surface area contributed by atoms with Gasteiger partial charge in [0, 0.05) is 35.1 Å². The van der Waals surface area contributed by atoms with Gasteiger partial charge in [-0.2, -0.15) is 0 Å². The number of hydrogen-bond donors (Lipinski definition) is 5. The van der Waals surface area contributed by atoms with E-state index >= 15 is 0 Å². The van der Waals surface area contributed by atoms with Crippen LogP contribution in [0.15, 0.2) is 78.4 Å². The van der Waals surface area contributed by atoms with Crippen LogP contribution < -0.4 is 14.2 Å². The van der Waals surface area contributed by atoms with Crippen LogP contribution in [0.2, 0.25) is 0 Å². The number of phenolic OH excluding ortho intramolecular Hbond substituents is 5. The Morgan fingerprint density at radius 1 is 0.766 bits per heavy atom. The standard InChI is InChI=1S/C39H34O8/c1-20-14-27-25-9-8-24(41)19-33(25)45-39(29-10-11-30(42)26-12-13-38(2,3)47-37(26)29)36(27)28(15-20)35-32(44)16-21(17-34(35)46-39)4-5-22-6-7-23(40)18-31(22)43/h4-13,15-19,27-28,36,40-44H,14H2,1-3H3/b5-4+. The molecule has 0 saturated heterocycles. The summed E-state index contributed by atoms with van der Waals surface area (Å²) in [4.78, 5) is 0. The van der Waals surface area contributed by atoms with Gasteiger partial charge in [0.2, 0.25) is 0 Å². The lowest BCUT2D eigenvalue weighted by Gasteiger charge is -2.55. The Morgan fingerprint density at radius 3 is 2.34 bits per heavy atom. The molecule has 0 saturated carbocycles. The second-order valence-electron chi connectivity index (χ2n) is 13.4.